The van der Waals surface area contributed by atoms with Crippen molar-refractivity contribution < 1.29 is 0 Å². The van der Waals surface area contributed by atoms with Crippen LogP contribution in [0.4, 0.5) is 0 Å². The number of rotatable bonds is 0. The van der Waals surface area contributed by atoms with Crippen molar-refractivity contribution in [2.24, 2.45) is 0 Å². The number of nitrogens with zero attached hydrogens (tertiary/aromatic N) is 3. The molecule has 0 atom stereocenters. The lowest BCUT2D eigenvalue weighted by Crippen LogP contribution is -1.81. The maximum Gasteiger partial charge on any atom is 0.0702 e. The zero-order valence-corrected chi connectivity index (χ0v) is 45.8. The Bertz CT molecular complexity index is 4740. The normalized spacial score (nSPS) is 11.6. The fraction of sp³-hybridized carbons (Fsp3) is 0. The predicted molar refractivity (Wildman–Crippen MR) is 362 cm³/mol. The zero-order valence-electron chi connectivity index (χ0n) is 45.8. The minimum atomic E-state index is 0.914. The summed E-state index contributed by atoms with van der Waals surface area (Å²) >= 11 is 0. The molecule has 390 valence electrons. The van der Waals surface area contributed by atoms with Gasteiger partial charge in [-0.1, -0.05) is 237 Å². The maximum absolute atomic E-state index is 5.18. The van der Waals surface area contributed by atoms with Crippen molar-refractivity contribution in [1.29, 1.82) is 0 Å². The van der Waals surface area contributed by atoms with Gasteiger partial charge in [0.05, 0.1) is 16.6 Å². The number of hydrogen-bond donors (Lipinski definition) is 0. The topological polar surface area (TPSA) is 38.7 Å². The molecule has 0 saturated carbocycles. The first-order valence-electron chi connectivity index (χ1n) is 28.7. The summed E-state index contributed by atoms with van der Waals surface area (Å²) in [6, 6.07) is 107. The highest BCUT2D eigenvalue weighted by Crippen LogP contribution is 2.35. The third-order valence-electron chi connectivity index (χ3n) is 17.0. The molecule has 0 saturated heterocycles. The molecule has 35 aromatic rings. The van der Waals surface area contributed by atoms with E-state index in [1.165, 1.54) is 0 Å². The van der Waals surface area contributed by atoms with Gasteiger partial charge < -0.3 is 0 Å². The summed E-state index contributed by atoms with van der Waals surface area (Å²) in [7, 11) is 0. The summed E-state index contributed by atoms with van der Waals surface area (Å²) in [5.74, 6) is 0. The van der Waals surface area contributed by atoms with Gasteiger partial charge >= 0.3 is 0 Å². The molecule has 0 spiro atoms. The van der Waals surface area contributed by atoms with Crippen LogP contribution in [0.25, 0.3) is 162 Å². The molecule has 0 aliphatic carbocycles. The van der Waals surface area contributed by atoms with Crippen LogP contribution in [0.2, 0.25) is 0 Å². The minimum Gasteiger partial charge on any atom is -0.256 e. The van der Waals surface area contributed by atoms with Gasteiger partial charge in [-0.3, -0.25) is 15.0 Å². The van der Waals surface area contributed by atoms with Gasteiger partial charge in [0.1, 0.15) is 0 Å². The Morgan fingerprint density at radius 1 is 0.131 bits per heavy atom. The molecule has 0 amide bonds. The molecule has 15 aromatic heterocycles. The maximum atomic E-state index is 5.18. The lowest BCUT2D eigenvalue weighted by atomic mass is 9.98. The third kappa shape index (κ3) is 8.75. The molecule has 3 heteroatoms. The van der Waals surface area contributed by atoms with E-state index in [1.54, 1.807) is 0 Å². The van der Waals surface area contributed by atoms with Gasteiger partial charge in [0, 0.05) is 50.9 Å². The molecule has 0 unspecified atom stereocenters. The molecule has 15 heterocycles. The number of benzene rings is 11. The summed E-state index contributed by atoms with van der Waals surface area (Å²) in [6.45, 7) is 0. The molecule has 20 aromatic carbocycles. The van der Waals surface area contributed by atoms with Crippen molar-refractivity contribution in [1.82, 2.24) is 15.0 Å². The highest BCUT2D eigenvalue weighted by molar-refractivity contribution is 6.18. The largest absolute Gasteiger partial charge is 0.256 e. The average molecular weight is 1070 g/mol. The van der Waals surface area contributed by atoms with E-state index in [9.17, 15) is 0 Å². The van der Waals surface area contributed by atoms with Crippen LogP contribution in [0.5, 0.6) is 0 Å². The Balaban J connectivity index is 1.13. The van der Waals surface area contributed by atoms with Gasteiger partial charge in [0.25, 0.3) is 0 Å². The van der Waals surface area contributed by atoms with Crippen LogP contribution in [0, 0.1) is 0 Å². The van der Waals surface area contributed by atoms with Crippen molar-refractivity contribution in [3.8, 4) is 0 Å². The van der Waals surface area contributed by atoms with E-state index < -0.39 is 0 Å². The Morgan fingerprint density at radius 2 is 0.286 bits per heavy atom. The van der Waals surface area contributed by atoms with Gasteiger partial charge in [0.2, 0.25) is 0 Å². The molecule has 18 bridgehead atoms. The Morgan fingerprint density at radius 3 is 0.464 bits per heavy atom. The van der Waals surface area contributed by atoms with Crippen LogP contribution in [0.15, 0.2) is 310 Å². The van der Waals surface area contributed by atoms with E-state index in [2.05, 4.69) is 291 Å². The van der Waals surface area contributed by atoms with Crippen LogP contribution in [-0.4, -0.2) is 15.0 Å². The molecule has 84 heavy (non-hydrogen) atoms. The van der Waals surface area contributed by atoms with Crippen LogP contribution in [-0.2, 0) is 0 Å². The SMILES string of the molecule is c1ccc2c3cc4cc(c3)c3ccccc3c3ccc(cc3)c3ccc(cn3)c3ccccc3c3cc(cc(c3)c3ccccc3c3ccc(nc3)c3ccc(cc3)c3ccccc43)c3ccccc3c3ccc(nc3)c3ccc(cc3)c2c1. The first-order valence-corrected chi connectivity index (χ1v) is 28.7. The fourth-order valence-electron chi connectivity index (χ4n) is 12.7. The second-order valence-corrected chi connectivity index (χ2v) is 21.9. The summed E-state index contributed by atoms with van der Waals surface area (Å²) in [6.07, 6.45) is 6.09. The molecule has 0 fully saturated rings. The number of hydrogen-bond acceptors (Lipinski definition) is 3. The second-order valence-electron chi connectivity index (χ2n) is 21.9. The van der Waals surface area contributed by atoms with E-state index >= 15 is 0 Å². The van der Waals surface area contributed by atoms with Crippen molar-refractivity contribution in [2.45, 2.75) is 0 Å². The molecule has 0 aliphatic rings. The van der Waals surface area contributed by atoms with Crippen molar-refractivity contribution >= 4 is 162 Å². The van der Waals surface area contributed by atoms with Gasteiger partial charge in [0.15, 0.2) is 0 Å². The third-order valence-corrected chi connectivity index (χ3v) is 17.0. The van der Waals surface area contributed by atoms with Crippen molar-refractivity contribution in [3.05, 3.63) is 310 Å². The number of aromatic nitrogens is 3. The lowest BCUT2D eigenvalue weighted by molar-refractivity contribution is 1.44. The van der Waals surface area contributed by atoms with Crippen molar-refractivity contribution in [3.63, 3.8) is 0 Å². The average Bonchev–Trinajstić information content (AvgIpc) is 2.65. The predicted octanol–water partition coefficient (Wildman–Crippen LogP) is 22.2. The molecule has 0 radical (unpaired) electrons. The van der Waals surface area contributed by atoms with Gasteiger partial charge in [-0.2, -0.15) is 0 Å². The Labute approximate surface area is 484 Å². The summed E-state index contributed by atoms with van der Waals surface area (Å²) in [5.41, 5.74) is 2.74. The Hall–Kier alpha value is -11.1. The smallest absolute Gasteiger partial charge is 0.0702 e. The summed E-state index contributed by atoms with van der Waals surface area (Å²) in [5, 5.41) is 30.0. The van der Waals surface area contributed by atoms with Crippen molar-refractivity contribution in [2.75, 3.05) is 0 Å². The first kappa shape index (κ1) is 48.7. The standard InChI is InChI=1S/C81H51N3/c1-7-19-73-61-43-62-45-63(44-61)75-21-9-3-15-69(75)54-29-35-57(36-30-54)81-42-39-60(51-84-81)72-18-6-12-24-78(72)66-47-64(76-22-10-4-16-70(76)58-37-40-79(82-49-58)55-31-25-52(26-32-55)67(73)13-1)46-65(48-66)77-23-11-5-17-71(77)59-38-41-80(83-50-59)56-33-27-53(28-34-56)68-14-2-8-20-74(62)68/h1-51H. The highest BCUT2D eigenvalue weighted by Gasteiger charge is 2.09. The van der Waals surface area contributed by atoms with E-state index in [0.717, 1.165) is 162 Å². The van der Waals surface area contributed by atoms with Gasteiger partial charge in [-0.05, 0) is 168 Å². The van der Waals surface area contributed by atoms with E-state index in [-0.39, 0.29) is 0 Å². The molecular weight excluding hydrogens is 1010 g/mol. The summed E-state index contributed by atoms with van der Waals surface area (Å²) < 4.78 is 0. The Kier molecular flexibility index (Phi) is 11.9. The zero-order chi connectivity index (χ0) is 55.5. The lowest BCUT2D eigenvalue weighted by Gasteiger charge is -2.07. The van der Waals surface area contributed by atoms with Crippen LogP contribution >= 0.6 is 0 Å². The van der Waals surface area contributed by atoms with Crippen LogP contribution < -0.4 is 0 Å². The van der Waals surface area contributed by atoms with E-state index in [0.29, 0.717) is 0 Å². The fourth-order valence-corrected chi connectivity index (χ4v) is 12.7. The molecule has 0 aliphatic heterocycles. The minimum absolute atomic E-state index is 0.914. The molecular formula is C81H51N3. The quantitative estimate of drug-likeness (QED) is 0.152. The van der Waals surface area contributed by atoms with E-state index in [4.69, 9.17) is 15.0 Å². The van der Waals surface area contributed by atoms with Gasteiger partial charge in [-0.15, -0.1) is 0 Å². The van der Waals surface area contributed by atoms with E-state index in [1.807, 2.05) is 18.6 Å². The first-order chi connectivity index (χ1) is 41.6. The highest BCUT2D eigenvalue weighted by atomic mass is 14.7. The second kappa shape index (κ2) is 20.4. The monoisotopic (exact) mass is 1070 g/mol. The molecule has 35 rings (SSSR count). The molecule has 3 nitrogen and oxygen atoms in total. The summed E-state index contributed by atoms with van der Waals surface area (Å²) in [4.78, 5) is 15.5. The molecule has 0 N–H and O–H groups in total. The van der Waals surface area contributed by atoms with Gasteiger partial charge in [-0.25, -0.2) is 0 Å². The number of pyridine rings is 3. The van der Waals surface area contributed by atoms with Crippen LogP contribution in [0.3, 0.4) is 0 Å². The van der Waals surface area contributed by atoms with Crippen LogP contribution in [0.1, 0.15) is 0 Å².